The zero-order chi connectivity index (χ0) is 12.3. The lowest BCUT2D eigenvalue weighted by atomic mass is 10.1. The van der Waals surface area contributed by atoms with Crippen LogP contribution in [0, 0.1) is 6.92 Å². The monoisotopic (exact) mass is 230 g/mol. The molecule has 0 N–H and O–H groups in total. The Morgan fingerprint density at radius 3 is 2.82 bits per heavy atom. The summed E-state index contributed by atoms with van der Waals surface area (Å²) in [6, 6.07) is 5.37. The Morgan fingerprint density at radius 2 is 2.24 bits per heavy atom. The van der Waals surface area contributed by atoms with Crippen LogP contribution in [-0.2, 0) is 6.54 Å². The third-order valence-electron chi connectivity index (χ3n) is 2.54. The van der Waals surface area contributed by atoms with Crippen molar-refractivity contribution in [2.45, 2.75) is 20.4 Å². The molecule has 2 aromatic rings. The third-order valence-corrected chi connectivity index (χ3v) is 2.54. The number of aryl methyl sites for hydroxylation is 2. The zero-order valence-electron chi connectivity index (χ0n) is 9.88. The van der Waals surface area contributed by atoms with Crippen molar-refractivity contribution in [3.63, 3.8) is 0 Å². The smallest absolute Gasteiger partial charge is 0.165 e. The Morgan fingerprint density at radius 1 is 1.41 bits per heavy atom. The van der Waals surface area contributed by atoms with Crippen LogP contribution in [0.25, 0.3) is 0 Å². The highest BCUT2D eigenvalue weighted by Crippen LogP contribution is 2.22. The summed E-state index contributed by atoms with van der Waals surface area (Å²) in [4.78, 5) is 10.7. The fourth-order valence-corrected chi connectivity index (χ4v) is 1.55. The Hall–Kier alpha value is -2.10. The van der Waals surface area contributed by atoms with E-state index in [9.17, 15) is 4.79 Å². The van der Waals surface area contributed by atoms with Gasteiger partial charge in [-0.15, -0.1) is 0 Å². The van der Waals surface area contributed by atoms with Gasteiger partial charge in [0.05, 0.1) is 12.4 Å². The number of nitrogens with zero attached hydrogens (tertiary/aromatic N) is 2. The topological polar surface area (TPSA) is 44.1 Å². The first kappa shape index (κ1) is 11.4. The molecule has 0 bridgehead atoms. The van der Waals surface area contributed by atoms with Gasteiger partial charge >= 0.3 is 0 Å². The van der Waals surface area contributed by atoms with Crippen molar-refractivity contribution in [2.75, 3.05) is 0 Å². The van der Waals surface area contributed by atoms with E-state index in [1.807, 2.05) is 26.1 Å². The Labute approximate surface area is 99.8 Å². The van der Waals surface area contributed by atoms with Crippen molar-refractivity contribution in [1.82, 2.24) is 9.78 Å². The maximum Gasteiger partial charge on any atom is 0.165 e. The average Bonchev–Trinajstić information content (AvgIpc) is 2.77. The van der Waals surface area contributed by atoms with E-state index in [1.165, 1.54) is 0 Å². The van der Waals surface area contributed by atoms with Crippen molar-refractivity contribution in [1.29, 1.82) is 0 Å². The van der Waals surface area contributed by atoms with Crippen LogP contribution in [0.2, 0.25) is 0 Å². The summed E-state index contributed by atoms with van der Waals surface area (Å²) in [7, 11) is 0. The molecule has 0 saturated carbocycles. The predicted octanol–water partition coefficient (Wildman–Crippen LogP) is 2.82. The molecule has 0 unspecified atom stereocenters. The largest absolute Gasteiger partial charge is 0.454 e. The van der Waals surface area contributed by atoms with Crippen molar-refractivity contribution in [2.24, 2.45) is 0 Å². The molecule has 0 amide bonds. The van der Waals surface area contributed by atoms with Gasteiger partial charge in [-0.3, -0.25) is 9.48 Å². The number of carbonyl (C=O) groups is 1. The van der Waals surface area contributed by atoms with Crippen LogP contribution < -0.4 is 4.74 Å². The normalized spacial score (nSPS) is 10.2. The van der Waals surface area contributed by atoms with E-state index in [1.54, 1.807) is 23.0 Å². The molecule has 1 heterocycles. The number of aromatic nitrogens is 2. The molecule has 2 rings (SSSR count). The van der Waals surface area contributed by atoms with E-state index in [-0.39, 0.29) is 0 Å². The van der Waals surface area contributed by atoms with E-state index in [0.29, 0.717) is 17.1 Å². The number of hydrogen-bond donors (Lipinski definition) is 0. The molecule has 0 saturated heterocycles. The molecular weight excluding hydrogens is 216 g/mol. The van der Waals surface area contributed by atoms with E-state index in [4.69, 9.17) is 4.74 Å². The van der Waals surface area contributed by atoms with Crippen molar-refractivity contribution >= 4 is 6.29 Å². The lowest BCUT2D eigenvalue weighted by Gasteiger charge is -2.04. The molecule has 4 heteroatoms. The van der Waals surface area contributed by atoms with Gasteiger partial charge in [-0.2, -0.15) is 5.10 Å². The second-order valence-corrected chi connectivity index (χ2v) is 3.77. The number of carbonyl (C=O) groups excluding carboxylic acids is 1. The predicted molar refractivity (Wildman–Crippen MR) is 64.5 cm³/mol. The molecule has 4 nitrogen and oxygen atoms in total. The maximum absolute atomic E-state index is 10.7. The Bertz CT molecular complexity index is 532. The minimum atomic E-state index is 0.682. The van der Waals surface area contributed by atoms with Crippen LogP contribution in [0.5, 0.6) is 11.5 Å². The minimum Gasteiger partial charge on any atom is -0.454 e. The number of rotatable bonds is 4. The number of hydrogen-bond acceptors (Lipinski definition) is 3. The summed E-state index contributed by atoms with van der Waals surface area (Å²) in [6.45, 7) is 4.71. The molecule has 0 radical (unpaired) electrons. The lowest BCUT2D eigenvalue weighted by molar-refractivity contribution is 0.112. The zero-order valence-corrected chi connectivity index (χ0v) is 9.88. The van der Waals surface area contributed by atoms with Gasteiger partial charge in [0.1, 0.15) is 12.0 Å². The van der Waals surface area contributed by atoms with E-state index >= 15 is 0 Å². The second kappa shape index (κ2) is 4.82. The highest BCUT2D eigenvalue weighted by Gasteiger charge is 2.03. The van der Waals surface area contributed by atoms with Crippen molar-refractivity contribution in [3.05, 3.63) is 41.7 Å². The van der Waals surface area contributed by atoms with Crippen molar-refractivity contribution in [3.8, 4) is 11.5 Å². The first-order valence-electron chi connectivity index (χ1n) is 5.49. The molecule has 0 fully saturated rings. The van der Waals surface area contributed by atoms with Gasteiger partial charge in [0.2, 0.25) is 0 Å². The molecule has 1 aromatic carbocycles. The summed E-state index contributed by atoms with van der Waals surface area (Å²) in [5.74, 6) is 1.41. The summed E-state index contributed by atoms with van der Waals surface area (Å²) < 4.78 is 7.44. The third kappa shape index (κ3) is 2.53. The van der Waals surface area contributed by atoms with Gasteiger partial charge in [-0.05, 0) is 37.6 Å². The summed E-state index contributed by atoms with van der Waals surface area (Å²) in [6.07, 6.45) is 4.35. The first-order chi connectivity index (χ1) is 8.22. The molecule has 0 atom stereocenters. The highest BCUT2D eigenvalue weighted by atomic mass is 16.5. The molecule has 0 spiro atoms. The van der Waals surface area contributed by atoms with Crippen LogP contribution in [0.4, 0.5) is 0 Å². The molecule has 17 heavy (non-hydrogen) atoms. The van der Waals surface area contributed by atoms with Crippen LogP contribution in [0.15, 0.2) is 30.6 Å². The molecular formula is C13H14N2O2. The summed E-state index contributed by atoms with van der Waals surface area (Å²) in [5.41, 5.74) is 1.59. The Balaban J connectivity index is 2.18. The van der Waals surface area contributed by atoms with Crippen molar-refractivity contribution < 1.29 is 9.53 Å². The molecule has 88 valence electrons. The maximum atomic E-state index is 10.7. The van der Waals surface area contributed by atoms with E-state index in [0.717, 1.165) is 18.4 Å². The summed E-state index contributed by atoms with van der Waals surface area (Å²) >= 11 is 0. The van der Waals surface area contributed by atoms with Gasteiger partial charge in [0, 0.05) is 12.1 Å². The quantitative estimate of drug-likeness (QED) is 0.758. The van der Waals surface area contributed by atoms with Gasteiger partial charge in [0.25, 0.3) is 0 Å². The number of benzene rings is 1. The van der Waals surface area contributed by atoms with Crippen LogP contribution in [0.1, 0.15) is 22.8 Å². The highest BCUT2D eigenvalue weighted by molar-refractivity contribution is 5.77. The van der Waals surface area contributed by atoms with E-state index < -0.39 is 0 Å². The summed E-state index contributed by atoms with van der Waals surface area (Å²) in [5, 5.41) is 4.12. The molecule has 0 aliphatic carbocycles. The van der Waals surface area contributed by atoms with Crippen LogP contribution >= 0.6 is 0 Å². The fraction of sp³-hybridized carbons (Fsp3) is 0.231. The fourth-order valence-electron chi connectivity index (χ4n) is 1.55. The number of aldehydes is 1. The first-order valence-corrected chi connectivity index (χ1v) is 5.49. The Kier molecular flexibility index (Phi) is 3.23. The second-order valence-electron chi connectivity index (χ2n) is 3.77. The average molecular weight is 230 g/mol. The van der Waals surface area contributed by atoms with Gasteiger partial charge in [0.15, 0.2) is 5.75 Å². The minimum absolute atomic E-state index is 0.682. The SMILES string of the molecule is CCn1cc(Oc2ccc(C=O)c(C)c2)cn1. The van der Waals surface area contributed by atoms with Gasteiger partial charge in [-0.25, -0.2) is 0 Å². The number of ether oxygens (including phenoxy) is 1. The van der Waals surface area contributed by atoms with E-state index in [2.05, 4.69) is 5.10 Å². The van der Waals surface area contributed by atoms with Crippen LogP contribution in [-0.4, -0.2) is 16.1 Å². The van der Waals surface area contributed by atoms with Gasteiger partial charge < -0.3 is 4.74 Å². The molecule has 0 aliphatic heterocycles. The lowest BCUT2D eigenvalue weighted by Crippen LogP contribution is -1.92. The molecule has 1 aromatic heterocycles. The molecule has 0 aliphatic rings. The van der Waals surface area contributed by atoms with Crippen LogP contribution in [0.3, 0.4) is 0 Å². The standard InChI is InChI=1S/C13H14N2O2/c1-3-15-8-13(7-14-15)17-12-5-4-11(9-16)10(2)6-12/h4-9H,3H2,1-2H3. The van der Waals surface area contributed by atoms with Gasteiger partial charge in [-0.1, -0.05) is 0 Å².